The predicted octanol–water partition coefficient (Wildman–Crippen LogP) is 3.79. The van der Waals surface area contributed by atoms with Crippen LogP contribution in [0.1, 0.15) is 24.2 Å². The molecule has 0 radical (unpaired) electrons. The number of ether oxygens (including phenoxy) is 2. The standard InChI is InChI=1S/C20H21N3O5S/c1-3-27-12-11-22-18-16(28-4-2)9-6-10-17(18)29-20(22)21-19(24)14-7-5-8-15(13-14)23(25)26/h5-10,13H,3-4,11-12H2,1-2H3. The number of nitro benzene ring substituents is 1. The van der Waals surface area contributed by atoms with E-state index in [2.05, 4.69) is 4.99 Å². The Labute approximate surface area is 171 Å². The van der Waals surface area contributed by atoms with Gasteiger partial charge in [-0.3, -0.25) is 14.9 Å². The molecule has 1 heterocycles. The van der Waals surface area contributed by atoms with Gasteiger partial charge in [0, 0.05) is 30.8 Å². The Hall–Kier alpha value is -3.04. The van der Waals surface area contributed by atoms with E-state index in [9.17, 15) is 14.9 Å². The third-order valence-electron chi connectivity index (χ3n) is 4.13. The molecule has 0 unspecified atom stereocenters. The number of nitrogens with zero attached hydrogens (tertiary/aromatic N) is 3. The van der Waals surface area contributed by atoms with Crippen molar-refractivity contribution in [1.29, 1.82) is 0 Å². The summed E-state index contributed by atoms with van der Waals surface area (Å²) in [5, 5.41) is 11.0. The van der Waals surface area contributed by atoms with Gasteiger partial charge in [0.05, 0.1) is 22.8 Å². The fourth-order valence-corrected chi connectivity index (χ4v) is 3.94. The molecule has 152 valence electrons. The molecule has 0 N–H and O–H groups in total. The number of rotatable bonds is 8. The molecule has 8 nitrogen and oxygen atoms in total. The lowest BCUT2D eigenvalue weighted by molar-refractivity contribution is -0.384. The van der Waals surface area contributed by atoms with Crippen molar-refractivity contribution < 1.29 is 19.2 Å². The second-order valence-electron chi connectivity index (χ2n) is 5.99. The third kappa shape index (κ3) is 4.69. The van der Waals surface area contributed by atoms with Gasteiger partial charge in [-0.15, -0.1) is 0 Å². The van der Waals surface area contributed by atoms with Gasteiger partial charge >= 0.3 is 0 Å². The van der Waals surface area contributed by atoms with E-state index in [1.54, 1.807) is 0 Å². The number of carbonyl (C=O) groups excluding carboxylic acids is 1. The number of hydrogen-bond donors (Lipinski definition) is 0. The first kappa shape index (κ1) is 20.7. The number of amides is 1. The summed E-state index contributed by atoms with van der Waals surface area (Å²) in [6, 6.07) is 11.3. The fraction of sp³-hybridized carbons (Fsp3) is 0.300. The van der Waals surface area contributed by atoms with Crippen molar-refractivity contribution in [3.05, 3.63) is 62.9 Å². The van der Waals surface area contributed by atoms with E-state index in [-0.39, 0.29) is 11.3 Å². The normalized spacial score (nSPS) is 11.7. The maximum Gasteiger partial charge on any atom is 0.279 e. The number of hydrogen-bond acceptors (Lipinski definition) is 6. The van der Waals surface area contributed by atoms with Crippen LogP contribution in [0.3, 0.4) is 0 Å². The number of benzene rings is 2. The smallest absolute Gasteiger partial charge is 0.279 e. The summed E-state index contributed by atoms with van der Waals surface area (Å²) in [6.45, 7) is 5.88. The average Bonchev–Trinajstić information content (AvgIpc) is 3.06. The van der Waals surface area contributed by atoms with E-state index in [1.165, 1.54) is 35.6 Å². The molecular formula is C20H21N3O5S. The van der Waals surface area contributed by atoms with Gasteiger partial charge in [0.15, 0.2) is 4.80 Å². The summed E-state index contributed by atoms with van der Waals surface area (Å²) < 4.78 is 14.1. The summed E-state index contributed by atoms with van der Waals surface area (Å²) in [5.74, 6) is 0.172. The Morgan fingerprint density at radius 3 is 2.72 bits per heavy atom. The molecule has 2 aromatic carbocycles. The van der Waals surface area contributed by atoms with Crippen LogP contribution >= 0.6 is 11.3 Å². The Balaban J connectivity index is 2.10. The van der Waals surface area contributed by atoms with Crippen molar-refractivity contribution in [1.82, 2.24) is 4.57 Å². The Morgan fingerprint density at radius 2 is 2.00 bits per heavy atom. The third-order valence-corrected chi connectivity index (χ3v) is 5.17. The highest BCUT2D eigenvalue weighted by Gasteiger charge is 2.15. The molecule has 0 aliphatic carbocycles. The molecule has 0 atom stereocenters. The average molecular weight is 415 g/mol. The molecule has 0 saturated heterocycles. The molecule has 0 fully saturated rings. The molecule has 29 heavy (non-hydrogen) atoms. The zero-order chi connectivity index (χ0) is 20.8. The monoisotopic (exact) mass is 415 g/mol. The molecule has 3 aromatic rings. The molecule has 0 bridgehead atoms. The van der Waals surface area contributed by atoms with Crippen molar-refractivity contribution in [2.45, 2.75) is 20.4 Å². The molecule has 0 saturated carbocycles. The highest BCUT2D eigenvalue weighted by molar-refractivity contribution is 7.16. The number of nitro groups is 1. The zero-order valence-corrected chi connectivity index (χ0v) is 17.0. The van der Waals surface area contributed by atoms with Gasteiger partial charge in [0.2, 0.25) is 0 Å². The number of para-hydroxylation sites is 1. The van der Waals surface area contributed by atoms with Gasteiger partial charge in [0.25, 0.3) is 11.6 Å². The highest BCUT2D eigenvalue weighted by Crippen LogP contribution is 2.27. The van der Waals surface area contributed by atoms with Crippen LogP contribution < -0.4 is 9.54 Å². The van der Waals surface area contributed by atoms with Crippen LogP contribution in [0.2, 0.25) is 0 Å². The minimum Gasteiger partial charge on any atom is -0.492 e. The van der Waals surface area contributed by atoms with E-state index < -0.39 is 10.8 Å². The SMILES string of the molecule is CCOCCn1c(=NC(=O)c2cccc([N+](=O)[O-])c2)sc2cccc(OCC)c21. The number of carbonyl (C=O) groups is 1. The fourth-order valence-electron chi connectivity index (χ4n) is 2.87. The quantitative estimate of drug-likeness (QED) is 0.317. The summed E-state index contributed by atoms with van der Waals surface area (Å²) in [5.41, 5.74) is 0.868. The summed E-state index contributed by atoms with van der Waals surface area (Å²) in [7, 11) is 0. The van der Waals surface area contributed by atoms with Gasteiger partial charge in [-0.05, 0) is 32.0 Å². The van der Waals surface area contributed by atoms with Gasteiger partial charge in [-0.25, -0.2) is 0 Å². The van der Waals surface area contributed by atoms with Crippen LogP contribution in [0.5, 0.6) is 5.75 Å². The van der Waals surface area contributed by atoms with Crippen LogP contribution in [0, 0.1) is 10.1 Å². The van der Waals surface area contributed by atoms with E-state index >= 15 is 0 Å². The first-order valence-electron chi connectivity index (χ1n) is 9.21. The predicted molar refractivity (Wildman–Crippen MR) is 110 cm³/mol. The first-order chi connectivity index (χ1) is 14.0. The van der Waals surface area contributed by atoms with Gasteiger partial charge in [-0.2, -0.15) is 4.99 Å². The molecule has 0 spiro atoms. The van der Waals surface area contributed by atoms with Gasteiger partial charge < -0.3 is 14.0 Å². The molecule has 9 heteroatoms. The molecule has 3 rings (SSSR count). The second kappa shape index (κ2) is 9.44. The molecule has 0 aliphatic rings. The lowest BCUT2D eigenvalue weighted by atomic mass is 10.2. The first-order valence-corrected chi connectivity index (χ1v) is 10.0. The number of non-ortho nitro benzene ring substituents is 1. The van der Waals surface area contributed by atoms with Crippen LogP contribution in [0.4, 0.5) is 5.69 Å². The number of thiazole rings is 1. The van der Waals surface area contributed by atoms with Crippen molar-refractivity contribution in [2.24, 2.45) is 4.99 Å². The maximum atomic E-state index is 12.7. The Kier molecular flexibility index (Phi) is 6.73. The van der Waals surface area contributed by atoms with Crippen molar-refractivity contribution in [3.8, 4) is 5.75 Å². The van der Waals surface area contributed by atoms with Crippen LogP contribution in [0.15, 0.2) is 47.5 Å². The zero-order valence-electron chi connectivity index (χ0n) is 16.2. The van der Waals surface area contributed by atoms with Crippen LogP contribution in [0.25, 0.3) is 10.2 Å². The second-order valence-corrected chi connectivity index (χ2v) is 7.00. The number of fused-ring (bicyclic) bond motifs is 1. The number of aromatic nitrogens is 1. The molecule has 1 amide bonds. The summed E-state index contributed by atoms with van der Waals surface area (Å²) in [4.78, 5) is 27.9. The van der Waals surface area contributed by atoms with Gasteiger partial charge in [0.1, 0.15) is 11.3 Å². The lowest BCUT2D eigenvalue weighted by Crippen LogP contribution is -2.20. The van der Waals surface area contributed by atoms with Crippen molar-refractivity contribution in [2.75, 3.05) is 19.8 Å². The van der Waals surface area contributed by atoms with E-state index in [0.717, 1.165) is 10.2 Å². The summed E-state index contributed by atoms with van der Waals surface area (Å²) in [6.07, 6.45) is 0. The van der Waals surface area contributed by atoms with Crippen molar-refractivity contribution >= 4 is 33.1 Å². The van der Waals surface area contributed by atoms with E-state index in [0.29, 0.717) is 36.9 Å². The Bertz CT molecular complexity index is 1100. The molecule has 0 aliphatic heterocycles. The largest absolute Gasteiger partial charge is 0.492 e. The summed E-state index contributed by atoms with van der Waals surface area (Å²) >= 11 is 1.36. The van der Waals surface area contributed by atoms with Crippen LogP contribution in [-0.4, -0.2) is 35.2 Å². The van der Waals surface area contributed by atoms with Crippen molar-refractivity contribution in [3.63, 3.8) is 0 Å². The van der Waals surface area contributed by atoms with Crippen LogP contribution in [-0.2, 0) is 11.3 Å². The van der Waals surface area contributed by atoms with Gasteiger partial charge in [-0.1, -0.05) is 23.5 Å². The minimum absolute atomic E-state index is 0.148. The highest BCUT2D eigenvalue weighted by atomic mass is 32.1. The minimum atomic E-state index is -0.539. The molecular weight excluding hydrogens is 394 g/mol. The molecule has 1 aromatic heterocycles. The topological polar surface area (TPSA) is 96.0 Å². The van der Waals surface area contributed by atoms with E-state index in [1.807, 2.05) is 36.6 Å². The van der Waals surface area contributed by atoms with E-state index in [4.69, 9.17) is 9.47 Å². The Morgan fingerprint density at radius 1 is 1.21 bits per heavy atom. The maximum absolute atomic E-state index is 12.7. The lowest BCUT2D eigenvalue weighted by Gasteiger charge is -2.09.